The summed E-state index contributed by atoms with van der Waals surface area (Å²) in [5.74, 6) is 0.807. The van der Waals surface area contributed by atoms with E-state index >= 15 is 4.39 Å². The fourth-order valence-electron chi connectivity index (χ4n) is 7.70. The number of amidine groups is 1. The van der Waals surface area contributed by atoms with Gasteiger partial charge in [-0.25, -0.2) is 4.39 Å². The van der Waals surface area contributed by atoms with Crippen molar-refractivity contribution in [2.45, 2.75) is 82.0 Å². The molecule has 0 unspecified atom stereocenters. The molecule has 4 bridgehead atoms. The van der Waals surface area contributed by atoms with Crippen molar-refractivity contribution < 1.29 is 14.4 Å². The van der Waals surface area contributed by atoms with Crippen molar-refractivity contribution in [1.82, 2.24) is 15.3 Å². The van der Waals surface area contributed by atoms with Gasteiger partial charge in [-0.2, -0.15) is 5.10 Å². The molecule has 7 saturated carbocycles. The summed E-state index contributed by atoms with van der Waals surface area (Å²) >= 11 is 0. The predicted molar refractivity (Wildman–Crippen MR) is 138 cm³/mol. The molecule has 0 saturated heterocycles. The summed E-state index contributed by atoms with van der Waals surface area (Å²) in [6.07, 6.45) is 11.8. The third-order valence-corrected chi connectivity index (χ3v) is 10.5. The van der Waals surface area contributed by atoms with E-state index in [9.17, 15) is 10.0 Å². The van der Waals surface area contributed by atoms with Crippen LogP contribution in [0.2, 0.25) is 0 Å². The van der Waals surface area contributed by atoms with Crippen LogP contribution in [-0.4, -0.2) is 33.3 Å². The molecule has 3 N–H and O–H groups in total. The van der Waals surface area contributed by atoms with Crippen LogP contribution < -0.4 is 10.8 Å². The number of fused-ring (bicyclic) bond motifs is 3. The van der Waals surface area contributed by atoms with Gasteiger partial charge in [0.2, 0.25) is 5.91 Å². The summed E-state index contributed by atoms with van der Waals surface area (Å²) in [4.78, 5) is 17.4. The molecule has 9 rings (SSSR count). The van der Waals surface area contributed by atoms with Crippen LogP contribution in [0.4, 0.5) is 10.1 Å². The number of hydroxylamine groups is 1. The van der Waals surface area contributed by atoms with Gasteiger partial charge in [-0.3, -0.25) is 25.2 Å². The number of hydrogen-bond acceptors (Lipinski definition) is 4. The molecule has 8 heteroatoms. The summed E-state index contributed by atoms with van der Waals surface area (Å²) < 4.78 is 17.6. The van der Waals surface area contributed by atoms with Crippen molar-refractivity contribution in [2.24, 2.45) is 28.8 Å². The van der Waals surface area contributed by atoms with Crippen molar-refractivity contribution in [3.63, 3.8) is 0 Å². The van der Waals surface area contributed by atoms with Gasteiger partial charge in [0.1, 0.15) is 0 Å². The van der Waals surface area contributed by atoms with Crippen molar-refractivity contribution >= 4 is 17.4 Å². The molecular formula is C29H36FN5O2. The van der Waals surface area contributed by atoms with E-state index in [2.05, 4.69) is 28.6 Å². The highest BCUT2D eigenvalue weighted by molar-refractivity contribution is 6.01. The molecule has 1 amide bonds. The van der Waals surface area contributed by atoms with E-state index < -0.39 is 5.82 Å². The Labute approximate surface area is 216 Å². The number of aryl methyl sites for hydroxylation is 1. The van der Waals surface area contributed by atoms with E-state index in [0.29, 0.717) is 18.4 Å². The van der Waals surface area contributed by atoms with E-state index in [1.54, 1.807) is 18.2 Å². The fraction of sp³-hybridized carbons (Fsp3) is 0.621. The molecule has 1 aromatic heterocycles. The lowest BCUT2D eigenvalue weighted by Crippen LogP contribution is -2.58. The van der Waals surface area contributed by atoms with Gasteiger partial charge in [0, 0.05) is 30.6 Å². The van der Waals surface area contributed by atoms with Gasteiger partial charge in [-0.15, -0.1) is 0 Å². The molecule has 0 aliphatic heterocycles. The number of carbonyl (C=O) groups is 1. The van der Waals surface area contributed by atoms with E-state index in [1.807, 2.05) is 0 Å². The topological polar surface area (TPSA) is 91.5 Å². The first-order valence-electron chi connectivity index (χ1n) is 13.9. The first kappa shape index (κ1) is 23.4. The number of aromatic nitrogens is 2. The molecule has 2 aromatic rings. The Hall–Kier alpha value is -2.74. The molecule has 0 radical (unpaired) electrons. The van der Waals surface area contributed by atoms with Gasteiger partial charge >= 0.3 is 0 Å². The average Bonchev–Trinajstić information content (AvgIpc) is 3.62. The SMILES string of the molecule is Cn1nc(C2CC2)cc1C12CCC(CN=C(NO)c3cccc(NC(=O)C45CC(C4)C5)c3F)(CC1)CC2. The standard InChI is InChI=1S/C29H36FN5O2/c1-35-23(13-22(33-35)19-5-6-19)28-10-7-27(8-11-28,9-12-28)17-31-25(34-37)20-3-2-4-21(24(20)30)32-26(36)29-14-18(15-29)16-29/h2-4,13,18-19,37H,5-12,14-17H2,1H3,(H,31,34)(H,32,36). The monoisotopic (exact) mass is 505 g/mol. The molecule has 7 nitrogen and oxygen atoms in total. The highest BCUT2D eigenvalue weighted by atomic mass is 19.1. The summed E-state index contributed by atoms with van der Waals surface area (Å²) in [7, 11) is 2.09. The van der Waals surface area contributed by atoms with Gasteiger partial charge in [-0.1, -0.05) is 6.07 Å². The smallest absolute Gasteiger partial charge is 0.230 e. The van der Waals surface area contributed by atoms with Crippen LogP contribution in [-0.2, 0) is 17.3 Å². The summed E-state index contributed by atoms with van der Waals surface area (Å²) in [6.45, 7) is 0.547. The lowest BCUT2D eigenvalue weighted by Gasteiger charge is -2.60. The molecule has 7 aliphatic carbocycles. The Balaban J connectivity index is 1.06. The van der Waals surface area contributed by atoms with Crippen LogP contribution >= 0.6 is 0 Å². The Kier molecular flexibility index (Phi) is 5.14. The number of halogens is 1. The lowest BCUT2D eigenvalue weighted by molar-refractivity contribution is -0.158. The van der Waals surface area contributed by atoms with Crippen LogP contribution in [0, 0.1) is 22.6 Å². The summed E-state index contributed by atoms with van der Waals surface area (Å²) in [5.41, 5.74) is 5.12. The van der Waals surface area contributed by atoms with Crippen molar-refractivity contribution in [3.8, 4) is 0 Å². The van der Waals surface area contributed by atoms with E-state index in [4.69, 9.17) is 10.1 Å². The van der Waals surface area contributed by atoms with Crippen molar-refractivity contribution in [1.29, 1.82) is 0 Å². The molecule has 196 valence electrons. The first-order valence-corrected chi connectivity index (χ1v) is 13.9. The van der Waals surface area contributed by atoms with Crippen LogP contribution in [0.3, 0.4) is 0 Å². The molecule has 7 aliphatic rings. The zero-order valence-corrected chi connectivity index (χ0v) is 21.5. The maximum Gasteiger partial charge on any atom is 0.230 e. The first-order chi connectivity index (χ1) is 17.8. The zero-order valence-electron chi connectivity index (χ0n) is 21.5. The Morgan fingerprint density at radius 3 is 2.46 bits per heavy atom. The number of nitrogens with one attached hydrogen (secondary N) is 2. The van der Waals surface area contributed by atoms with E-state index in [-0.39, 0.29) is 39.2 Å². The molecule has 7 fully saturated rings. The molecule has 1 aromatic carbocycles. The van der Waals surface area contributed by atoms with Gasteiger partial charge in [0.05, 0.1) is 22.4 Å². The predicted octanol–water partition coefficient (Wildman–Crippen LogP) is 5.19. The summed E-state index contributed by atoms with van der Waals surface area (Å²) in [5, 5.41) is 17.5. The number of amides is 1. The number of benzene rings is 1. The second kappa shape index (κ2) is 8.13. The number of nitrogens with zero attached hydrogens (tertiary/aromatic N) is 3. The number of rotatable bonds is 7. The van der Waals surface area contributed by atoms with Gasteiger partial charge in [0.25, 0.3) is 0 Å². The van der Waals surface area contributed by atoms with Crippen LogP contribution in [0.15, 0.2) is 29.3 Å². The van der Waals surface area contributed by atoms with Crippen molar-refractivity contribution in [2.75, 3.05) is 11.9 Å². The van der Waals surface area contributed by atoms with Crippen LogP contribution in [0.5, 0.6) is 0 Å². The number of aliphatic imine (C=N–C) groups is 1. The molecule has 0 atom stereocenters. The van der Waals surface area contributed by atoms with Crippen molar-refractivity contribution in [3.05, 3.63) is 47.0 Å². The maximum absolute atomic E-state index is 15.4. The number of anilines is 1. The third kappa shape index (κ3) is 3.66. The minimum atomic E-state index is -0.561. The average molecular weight is 506 g/mol. The minimum Gasteiger partial charge on any atom is -0.323 e. The second-order valence-corrected chi connectivity index (χ2v) is 12.8. The Bertz CT molecular complexity index is 1250. The van der Waals surface area contributed by atoms with Gasteiger partial charge < -0.3 is 5.32 Å². The Morgan fingerprint density at radius 2 is 1.86 bits per heavy atom. The lowest BCUT2D eigenvalue weighted by atomic mass is 9.44. The van der Waals surface area contributed by atoms with Gasteiger partial charge in [0.15, 0.2) is 11.7 Å². The second-order valence-electron chi connectivity index (χ2n) is 12.8. The highest BCUT2D eigenvalue weighted by Gasteiger charge is 2.61. The fourth-order valence-corrected chi connectivity index (χ4v) is 7.70. The molecule has 37 heavy (non-hydrogen) atoms. The van der Waals surface area contributed by atoms with Crippen LogP contribution in [0.25, 0.3) is 0 Å². The van der Waals surface area contributed by atoms with Gasteiger partial charge in [-0.05, 0) is 100 Å². The number of carbonyl (C=O) groups excluding carboxylic acids is 1. The van der Waals surface area contributed by atoms with E-state index in [1.165, 1.54) is 24.2 Å². The normalized spacial score (nSPS) is 34.0. The Morgan fingerprint density at radius 1 is 1.16 bits per heavy atom. The maximum atomic E-state index is 15.4. The quantitative estimate of drug-likeness (QED) is 0.274. The largest absolute Gasteiger partial charge is 0.323 e. The minimum absolute atomic E-state index is 0.0776. The third-order valence-electron chi connectivity index (χ3n) is 10.5. The summed E-state index contributed by atoms with van der Waals surface area (Å²) in [6, 6.07) is 7.23. The molecule has 1 heterocycles. The molecule has 0 spiro atoms. The van der Waals surface area contributed by atoms with Crippen LogP contribution in [0.1, 0.15) is 93.5 Å². The van der Waals surface area contributed by atoms with E-state index in [0.717, 1.165) is 57.8 Å². The highest BCUT2D eigenvalue weighted by Crippen LogP contribution is 2.64. The molecular weight excluding hydrogens is 469 g/mol. The number of hydrogen-bond donors (Lipinski definition) is 3. The zero-order chi connectivity index (χ0) is 25.4.